The number of fused-ring (bicyclic) bond motifs is 6. The molecule has 3 aromatic rings. The monoisotopic (exact) mass is 372 g/mol. The van der Waals surface area contributed by atoms with Crippen LogP contribution < -0.4 is 15.4 Å². The van der Waals surface area contributed by atoms with Crippen LogP contribution in [0.25, 0.3) is 0 Å². The summed E-state index contributed by atoms with van der Waals surface area (Å²) < 4.78 is 12.4. The van der Waals surface area contributed by atoms with Crippen molar-refractivity contribution in [2.24, 2.45) is 0 Å². The van der Waals surface area contributed by atoms with Crippen molar-refractivity contribution in [1.82, 2.24) is 0 Å². The van der Waals surface area contributed by atoms with Crippen LogP contribution in [0.3, 0.4) is 0 Å². The lowest BCUT2D eigenvalue weighted by Gasteiger charge is -2.37. The molecule has 0 amide bonds. The van der Waals surface area contributed by atoms with E-state index in [-0.39, 0.29) is 5.97 Å². The summed E-state index contributed by atoms with van der Waals surface area (Å²) in [5, 5.41) is 6.55. The Morgan fingerprint density at radius 1 is 0.893 bits per heavy atom. The highest BCUT2D eigenvalue weighted by Gasteiger charge is 2.55. The maximum Gasteiger partial charge on any atom is 0.342 e. The average molecular weight is 372 g/mol. The Morgan fingerprint density at radius 2 is 1.50 bits per heavy atom. The molecule has 0 aliphatic carbocycles. The van der Waals surface area contributed by atoms with Gasteiger partial charge in [0.15, 0.2) is 5.60 Å². The fourth-order valence-electron chi connectivity index (χ4n) is 4.30. The van der Waals surface area contributed by atoms with Crippen molar-refractivity contribution in [3.63, 3.8) is 0 Å². The van der Waals surface area contributed by atoms with Gasteiger partial charge in [0.25, 0.3) is 0 Å². The van der Waals surface area contributed by atoms with E-state index in [4.69, 9.17) is 9.47 Å². The van der Waals surface area contributed by atoms with Gasteiger partial charge in [-0.2, -0.15) is 0 Å². The van der Waals surface area contributed by atoms with Gasteiger partial charge in [-0.05, 0) is 31.2 Å². The molecule has 2 N–H and O–H groups in total. The number of carbonyl (C=O) groups is 1. The number of anilines is 2. The summed E-state index contributed by atoms with van der Waals surface area (Å²) in [5.41, 5.74) is 3.62. The van der Waals surface area contributed by atoms with Gasteiger partial charge in [0.2, 0.25) is 0 Å². The summed E-state index contributed by atoms with van der Waals surface area (Å²) >= 11 is 0. The van der Waals surface area contributed by atoms with Crippen LogP contribution in [0.1, 0.15) is 34.0 Å². The number of ether oxygens (including phenoxy) is 2. The summed E-state index contributed by atoms with van der Waals surface area (Å²) in [7, 11) is 1.86. The lowest BCUT2D eigenvalue weighted by atomic mass is 9.76. The number of carbonyl (C=O) groups excluding carboxylic acids is 1. The maximum absolute atomic E-state index is 13.2. The molecule has 0 radical (unpaired) electrons. The lowest BCUT2D eigenvalue weighted by molar-refractivity contribution is 0.0226. The zero-order valence-corrected chi connectivity index (χ0v) is 15.7. The fourth-order valence-corrected chi connectivity index (χ4v) is 4.30. The van der Waals surface area contributed by atoms with Crippen molar-refractivity contribution in [1.29, 1.82) is 0 Å². The third-order valence-corrected chi connectivity index (χ3v) is 5.40. The zero-order valence-electron chi connectivity index (χ0n) is 15.7. The number of esters is 1. The molecule has 5 heteroatoms. The van der Waals surface area contributed by atoms with E-state index in [2.05, 4.69) is 10.6 Å². The van der Waals surface area contributed by atoms with E-state index < -0.39 is 5.60 Å². The smallest absolute Gasteiger partial charge is 0.342 e. The second-order valence-electron chi connectivity index (χ2n) is 6.86. The third kappa shape index (κ3) is 2.04. The van der Waals surface area contributed by atoms with Gasteiger partial charge in [0, 0.05) is 41.7 Å². The highest BCUT2D eigenvalue weighted by Crippen LogP contribution is 2.58. The molecule has 2 aliphatic heterocycles. The molecule has 28 heavy (non-hydrogen) atoms. The molecular weight excluding hydrogens is 352 g/mol. The minimum Gasteiger partial charge on any atom is -0.456 e. The predicted molar refractivity (Wildman–Crippen MR) is 108 cm³/mol. The van der Waals surface area contributed by atoms with Gasteiger partial charge < -0.3 is 20.1 Å². The molecule has 0 unspecified atom stereocenters. The van der Waals surface area contributed by atoms with Crippen molar-refractivity contribution < 1.29 is 14.3 Å². The molecule has 3 aromatic carbocycles. The number of benzene rings is 3. The molecule has 0 saturated heterocycles. The van der Waals surface area contributed by atoms with Gasteiger partial charge in [0.1, 0.15) is 11.5 Å². The first-order valence-electron chi connectivity index (χ1n) is 9.40. The van der Waals surface area contributed by atoms with E-state index in [1.54, 1.807) is 0 Å². The number of hydrogen-bond acceptors (Lipinski definition) is 5. The topological polar surface area (TPSA) is 59.6 Å². The van der Waals surface area contributed by atoms with Gasteiger partial charge in [-0.3, -0.25) is 0 Å². The van der Waals surface area contributed by atoms with Crippen LogP contribution in [0.2, 0.25) is 0 Å². The highest BCUT2D eigenvalue weighted by atomic mass is 16.6. The Labute approximate surface area is 163 Å². The van der Waals surface area contributed by atoms with Gasteiger partial charge in [-0.1, -0.05) is 36.4 Å². The van der Waals surface area contributed by atoms with Crippen molar-refractivity contribution in [2.45, 2.75) is 12.5 Å². The third-order valence-electron chi connectivity index (χ3n) is 5.40. The normalized spacial score (nSPS) is 15.1. The van der Waals surface area contributed by atoms with E-state index >= 15 is 0 Å². The Balaban J connectivity index is 1.92. The second kappa shape index (κ2) is 6.02. The Morgan fingerprint density at radius 3 is 2.11 bits per heavy atom. The minimum absolute atomic E-state index is 0.338. The maximum atomic E-state index is 13.2. The molecule has 0 saturated carbocycles. The first kappa shape index (κ1) is 16.7. The number of rotatable bonds is 3. The lowest BCUT2D eigenvalue weighted by Crippen LogP contribution is -2.33. The van der Waals surface area contributed by atoms with Crippen molar-refractivity contribution in [2.75, 3.05) is 24.2 Å². The van der Waals surface area contributed by atoms with Crippen molar-refractivity contribution >= 4 is 17.3 Å². The molecule has 2 aliphatic rings. The van der Waals surface area contributed by atoms with Gasteiger partial charge >= 0.3 is 5.97 Å². The largest absolute Gasteiger partial charge is 0.456 e. The molecule has 0 fully saturated rings. The first-order chi connectivity index (χ1) is 13.7. The quantitative estimate of drug-likeness (QED) is 0.651. The Bertz CT molecular complexity index is 1060. The molecule has 0 atom stereocenters. The summed E-state index contributed by atoms with van der Waals surface area (Å²) in [6.07, 6.45) is 0. The summed E-state index contributed by atoms with van der Waals surface area (Å²) in [5.74, 6) is 1.05. The van der Waals surface area contributed by atoms with E-state index in [0.717, 1.165) is 28.1 Å². The highest BCUT2D eigenvalue weighted by molar-refractivity contribution is 6.04. The van der Waals surface area contributed by atoms with Crippen LogP contribution in [0, 0.1) is 0 Å². The van der Waals surface area contributed by atoms with Crippen LogP contribution >= 0.6 is 0 Å². The van der Waals surface area contributed by atoms with E-state index in [1.807, 2.05) is 74.6 Å². The van der Waals surface area contributed by atoms with E-state index in [0.29, 0.717) is 23.6 Å². The number of nitrogens with one attached hydrogen (secondary N) is 2. The second-order valence-corrected chi connectivity index (χ2v) is 6.86. The molecule has 1 spiro atoms. The van der Waals surface area contributed by atoms with E-state index in [1.165, 1.54) is 0 Å². The molecule has 0 bridgehead atoms. The van der Waals surface area contributed by atoms with Crippen molar-refractivity contribution in [3.05, 3.63) is 82.9 Å². The first-order valence-corrected chi connectivity index (χ1v) is 9.40. The summed E-state index contributed by atoms with van der Waals surface area (Å²) in [6.45, 7) is 2.72. The van der Waals surface area contributed by atoms with Crippen LogP contribution in [-0.2, 0) is 10.3 Å². The number of hydrogen-bond donors (Lipinski definition) is 2. The van der Waals surface area contributed by atoms with Gasteiger partial charge in [-0.15, -0.1) is 0 Å². The van der Waals surface area contributed by atoms with Crippen molar-refractivity contribution in [3.8, 4) is 11.5 Å². The van der Waals surface area contributed by atoms with E-state index in [9.17, 15) is 4.79 Å². The standard InChI is InChI=1S/C23H20N2O3/c1-3-25-16-12-13-17(24-2)21-20(16)22(26)28-23(21)14-8-4-6-10-18(14)27-19-11-7-5-9-15(19)23/h4-13,24-25H,3H2,1-2H3. The van der Waals surface area contributed by atoms with Crippen LogP contribution in [-0.4, -0.2) is 19.6 Å². The molecule has 2 heterocycles. The fraction of sp³-hybridized carbons (Fsp3) is 0.174. The Hall–Kier alpha value is -3.47. The molecule has 140 valence electrons. The van der Waals surface area contributed by atoms with Crippen LogP contribution in [0.15, 0.2) is 60.7 Å². The average Bonchev–Trinajstić information content (AvgIpc) is 3.03. The van der Waals surface area contributed by atoms with Crippen LogP contribution in [0.5, 0.6) is 11.5 Å². The molecule has 0 aromatic heterocycles. The van der Waals surface area contributed by atoms with Crippen LogP contribution in [0.4, 0.5) is 11.4 Å². The predicted octanol–water partition coefficient (Wildman–Crippen LogP) is 4.73. The number of para-hydroxylation sites is 2. The summed E-state index contributed by atoms with van der Waals surface area (Å²) in [4.78, 5) is 13.2. The molecule has 5 rings (SSSR count). The molecule has 5 nitrogen and oxygen atoms in total. The zero-order chi connectivity index (χ0) is 19.3. The summed E-state index contributed by atoms with van der Waals surface area (Å²) in [6, 6.07) is 19.4. The van der Waals surface area contributed by atoms with Gasteiger partial charge in [-0.25, -0.2) is 4.79 Å². The Kier molecular flexibility index (Phi) is 3.59. The van der Waals surface area contributed by atoms with Gasteiger partial charge in [0.05, 0.1) is 5.56 Å². The SMILES string of the molecule is CCNc1ccc(NC)c2c1C(=O)OC21c2ccccc2Oc2ccccc21. The minimum atomic E-state index is -1.05. The molecular formula is C23H20N2O3.